The van der Waals surface area contributed by atoms with Crippen LogP contribution in [0.3, 0.4) is 0 Å². The molecule has 1 saturated heterocycles. The first-order valence-corrected chi connectivity index (χ1v) is 6.94. The van der Waals surface area contributed by atoms with E-state index < -0.39 is 0 Å². The van der Waals surface area contributed by atoms with Crippen molar-refractivity contribution in [1.29, 1.82) is 0 Å². The minimum Gasteiger partial charge on any atom is -0.386 e. The maximum atomic E-state index is 12.6. The Hall–Kier alpha value is -1.58. The summed E-state index contributed by atoms with van der Waals surface area (Å²) in [5, 5.41) is 3.04. The maximum absolute atomic E-state index is 12.6. The van der Waals surface area contributed by atoms with Gasteiger partial charge in [0.25, 0.3) is 5.91 Å². The van der Waals surface area contributed by atoms with Gasteiger partial charge < -0.3 is 10.2 Å². The number of nitrogens with zero attached hydrogens (tertiary/aromatic N) is 2. The molecule has 4 heteroatoms. The van der Waals surface area contributed by atoms with Crippen LogP contribution in [0, 0.1) is 5.41 Å². The fraction of sp³-hybridized carbons (Fsp3) is 0.600. The van der Waals surface area contributed by atoms with Gasteiger partial charge in [0.1, 0.15) is 0 Å². The van der Waals surface area contributed by atoms with Crippen LogP contribution in [0.5, 0.6) is 0 Å². The van der Waals surface area contributed by atoms with Crippen LogP contribution in [-0.2, 0) is 0 Å². The predicted molar refractivity (Wildman–Crippen MR) is 77.3 cm³/mol. The van der Waals surface area contributed by atoms with Gasteiger partial charge >= 0.3 is 0 Å². The van der Waals surface area contributed by atoms with E-state index in [1.807, 2.05) is 11.9 Å². The van der Waals surface area contributed by atoms with E-state index in [9.17, 15) is 4.79 Å². The summed E-state index contributed by atoms with van der Waals surface area (Å²) in [6, 6.07) is 1.80. The third-order valence-electron chi connectivity index (χ3n) is 3.95. The molecule has 2 rings (SSSR count). The number of anilines is 1. The molecule has 1 aromatic heterocycles. The number of hydrogen-bond donors (Lipinski definition) is 1. The predicted octanol–water partition coefficient (Wildman–Crippen LogP) is 2.78. The smallest absolute Gasteiger partial charge is 0.256 e. The molecule has 0 atom stereocenters. The molecule has 2 heterocycles. The van der Waals surface area contributed by atoms with Gasteiger partial charge in [-0.1, -0.05) is 13.8 Å². The van der Waals surface area contributed by atoms with Gasteiger partial charge in [0.15, 0.2) is 0 Å². The minimum atomic E-state index is 0.115. The SMILES string of the molecule is CNc1cnccc1C(=O)N1CCCC(C)(C)CC1. The maximum Gasteiger partial charge on any atom is 0.256 e. The van der Waals surface area contributed by atoms with E-state index in [1.165, 1.54) is 6.42 Å². The highest BCUT2D eigenvalue weighted by Crippen LogP contribution is 2.30. The second-order valence-electron chi connectivity index (χ2n) is 5.98. The molecular formula is C15H23N3O. The van der Waals surface area contributed by atoms with Gasteiger partial charge in [-0.3, -0.25) is 9.78 Å². The second kappa shape index (κ2) is 5.59. The lowest BCUT2D eigenvalue weighted by Gasteiger charge is -2.24. The average molecular weight is 261 g/mol. The normalized spacial score (nSPS) is 18.8. The Morgan fingerprint density at radius 2 is 2.16 bits per heavy atom. The van der Waals surface area contributed by atoms with Gasteiger partial charge in [-0.05, 0) is 30.7 Å². The summed E-state index contributed by atoms with van der Waals surface area (Å²) >= 11 is 0. The van der Waals surface area contributed by atoms with Crippen molar-refractivity contribution >= 4 is 11.6 Å². The fourth-order valence-corrected chi connectivity index (χ4v) is 2.58. The van der Waals surface area contributed by atoms with Crippen LogP contribution < -0.4 is 5.32 Å². The molecule has 1 N–H and O–H groups in total. The van der Waals surface area contributed by atoms with E-state index in [0.29, 0.717) is 5.41 Å². The second-order valence-corrected chi connectivity index (χ2v) is 5.98. The number of amides is 1. The standard InChI is InChI=1S/C15H23N3O/c1-15(2)6-4-9-18(10-7-15)14(19)12-5-8-17-11-13(12)16-3/h5,8,11,16H,4,6-7,9-10H2,1-3H3. The quantitative estimate of drug-likeness (QED) is 0.890. The minimum absolute atomic E-state index is 0.115. The van der Waals surface area contributed by atoms with Gasteiger partial charge in [-0.15, -0.1) is 0 Å². The summed E-state index contributed by atoms with van der Waals surface area (Å²) in [4.78, 5) is 18.6. The van der Waals surface area contributed by atoms with Crippen molar-refractivity contribution in [3.8, 4) is 0 Å². The van der Waals surface area contributed by atoms with Crippen molar-refractivity contribution in [2.45, 2.75) is 33.1 Å². The number of carbonyl (C=O) groups excluding carboxylic acids is 1. The Labute approximate surface area is 115 Å². The summed E-state index contributed by atoms with van der Waals surface area (Å²) in [7, 11) is 1.82. The molecule has 0 aromatic carbocycles. The van der Waals surface area contributed by atoms with Gasteiger partial charge in [0, 0.05) is 26.3 Å². The van der Waals surface area contributed by atoms with E-state index in [-0.39, 0.29) is 5.91 Å². The Morgan fingerprint density at radius 1 is 1.37 bits per heavy atom. The summed E-state index contributed by atoms with van der Waals surface area (Å²) in [6.45, 7) is 6.27. The molecule has 0 radical (unpaired) electrons. The van der Waals surface area contributed by atoms with Gasteiger partial charge in [0.05, 0.1) is 17.4 Å². The lowest BCUT2D eigenvalue weighted by atomic mass is 9.85. The van der Waals surface area contributed by atoms with Gasteiger partial charge in [0.2, 0.25) is 0 Å². The largest absolute Gasteiger partial charge is 0.386 e. The monoisotopic (exact) mass is 261 g/mol. The zero-order valence-corrected chi connectivity index (χ0v) is 12.1. The molecule has 1 amide bonds. The van der Waals surface area contributed by atoms with E-state index in [2.05, 4.69) is 24.1 Å². The highest BCUT2D eigenvalue weighted by atomic mass is 16.2. The molecular weight excluding hydrogens is 238 g/mol. The third kappa shape index (κ3) is 3.25. The summed E-state index contributed by atoms with van der Waals surface area (Å²) in [5.74, 6) is 0.115. The molecule has 0 bridgehead atoms. The topological polar surface area (TPSA) is 45.2 Å². The molecule has 0 saturated carbocycles. The first-order chi connectivity index (χ1) is 9.03. The summed E-state index contributed by atoms with van der Waals surface area (Å²) < 4.78 is 0. The zero-order chi connectivity index (χ0) is 13.9. The van der Waals surface area contributed by atoms with Crippen molar-refractivity contribution in [2.24, 2.45) is 5.41 Å². The number of likely N-dealkylation sites (tertiary alicyclic amines) is 1. The number of hydrogen-bond acceptors (Lipinski definition) is 3. The molecule has 1 aliphatic rings. The summed E-state index contributed by atoms with van der Waals surface area (Å²) in [5.41, 5.74) is 1.87. The van der Waals surface area contributed by atoms with E-state index in [0.717, 1.165) is 37.2 Å². The number of carbonyl (C=O) groups is 1. The van der Waals surface area contributed by atoms with Crippen LogP contribution in [0.25, 0.3) is 0 Å². The van der Waals surface area contributed by atoms with Crippen molar-refractivity contribution in [1.82, 2.24) is 9.88 Å². The van der Waals surface area contributed by atoms with Gasteiger partial charge in [-0.25, -0.2) is 0 Å². The molecule has 0 aliphatic carbocycles. The molecule has 1 aliphatic heterocycles. The lowest BCUT2D eigenvalue weighted by molar-refractivity contribution is 0.0758. The third-order valence-corrected chi connectivity index (χ3v) is 3.95. The van der Waals surface area contributed by atoms with Crippen molar-refractivity contribution in [3.63, 3.8) is 0 Å². The van der Waals surface area contributed by atoms with E-state index >= 15 is 0 Å². The number of rotatable bonds is 2. The van der Waals surface area contributed by atoms with Crippen LogP contribution in [0.2, 0.25) is 0 Å². The zero-order valence-electron chi connectivity index (χ0n) is 12.1. The molecule has 1 fully saturated rings. The van der Waals surface area contributed by atoms with Crippen LogP contribution in [0.15, 0.2) is 18.5 Å². The Morgan fingerprint density at radius 3 is 2.89 bits per heavy atom. The Kier molecular flexibility index (Phi) is 4.08. The molecule has 4 nitrogen and oxygen atoms in total. The number of nitrogens with one attached hydrogen (secondary N) is 1. The van der Waals surface area contributed by atoms with Crippen molar-refractivity contribution in [2.75, 3.05) is 25.5 Å². The summed E-state index contributed by atoms with van der Waals surface area (Å²) in [6.07, 6.45) is 6.72. The van der Waals surface area contributed by atoms with Crippen molar-refractivity contribution < 1.29 is 4.79 Å². The lowest BCUT2D eigenvalue weighted by Crippen LogP contribution is -2.32. The first kappa shape index (κ1) is 13.8. The van der Waals surface area contributed by atoms with E-state index in [1.54, 1.807) is 18.5 Å². The average Bonchev–Trinajstić information content (AvgIpc) is 2.59. The highest BCUT2D eigenvalue weighted by molar-refractivity contribution is 5.99. The van der Waals surface area contributed by atoms with Crippen LogP contribution in [0.4, 0.5) is 5.69 Å². The van der Waals surface area contributed by atoms with Crippen molar-refractivity contribution in [3.05, 3.63) is 24.0 Å². The molecule has 1 aromatic rings. The van der Waals surface area contributed by atoms with Crippen LogP contribution >= 0.6 is 0 Å². The number of aromatic nitrogens is 1. The van der Waals surface area contributed by atoms with Crippen LogP contribution in [-0.4, -0.2) is 35.9 Å². The Balaban J connectivity index is 2.15. The number of pyridine rings is 1. The molecule has 0 unspecified atom stereocenters. The van der Waals surface area contributed by atoms with Crippen LogP contribution in [0.1, 0.15) is 43.5 Å². The highest BCUT2D eigenvalue weighted by Gasteiger charge is 2.26. The van der Waals surface area contributed by atoms with Gasteiger partial charge in [-0.2, -0.15) is 0 Å². The molecule has 19 heavy (non-hydrogen) atoms. The fourth-order valence-electron chi connectivity index (χ4n) is 2.58. The molecule has 104 valence electrons. The first-order valence-electron chi connectivity index (χ1n) is 6.94. The van der Waals surface area contributed by atoms with E-state index in [4.69, 9.17) is 0 Å². The molecule has 0 spiro atoms. The Bertz CT molecular complexity index is 456.